The summed E-state index contributed by atoms with van der Waals surface area (Å²) in [6.07, 6.45) is 0.715. The highest BCUT2D eigenvalue weighted by Gasteiger charge is 2.24. The Kier molecular flexibility index (Phi) is 8.76. The second-order valence-corrected chi connectivity index (χ2v) is 8.24. The van der Waals surface area contributed by atoms with Gasteiger partial charge in [-0.05, 0) is 30.3 Å². The number of rotatable bonds is 4. The first-order chi connectivity index (χ1) is 16.0. The molecule has 3 aromatic carbocycles. The smallest absolute Gasteiger partial charge is 0.341 e. The molecule has 0 fully saturated rings. The van der Waals surface area contributed by atoms with Gasteiger partial charge < -0.3 is 21.3 Å². The van der Waals surface area contributed by atoms with Crippen molar-refractivity contribution in [2.75, 3.05) is 6.26 Å². The number of carbonyl (C=O) groups is 1. The number of hydrogen-bond donors (Lipinski definition) is 5. The molecule has 0 saturated heterocycles. The molecule has 4 rings (SSSR count). The maximum Gasteiger partial charge on any atom is 0.341 e. The lowest BCUT2D eigenvalue weighted by atomic mass is 10.2. The number of nitrogens with zero attached hydrogens (tertiary/aromatic N) is 1. The van der Waals surface area contributed by atoms with Crippen LogP contribution in [0.4, 0.5) is 0 Å². The molecule has 0 saturated carbocycles. The number of guanidine groups is 1. The molecule has 4 aromatic rings. The first-order valence-electron chi connectivity index (χ1n) is 9.66. The van der Waals surface area contributed by atoms with Gasteiger partial charge in [-0.25, -0.2) is 4.79 Å². The quantitative estimate of drug-likeness (QED) is 0.166. The molecule has 1 aromatic heterocycles. The van der Waals surface area contributed by atoms with Crippen LogP contribution in [-0.2, 0) is 10.1 Å². The molecule has 10 nitrogen and oxygen atoms in total. The fourth-order valence-electron chi connectivity index (χ4n) is 2.95. The highest BCUT2D eigenvalue weighted by atomic mass is 32.2. The van der Waals surface area contributed by atoms with Gasteiger partial charge in [-0.3, -0.25) is 14.5 Å². The number of nitrogens with two attached hydrogens (primary N) is 2. The molecule has 11 heteroatoms. The van der Waals surface area contributed by atoms with E-state index in [9.17, 15) is 18.3 Å². The number of ether oxygens (including phenoxy) is 1. The van der Waals surface area contributed by atoms with Gasteiger partial charge in [0.15, 0.2) is 5.96 Å². The summed E-state index contributed by atoms with van der Waals surface area (Å²) in [7, 11) is -3.67. The van der Waals surface area contributed by atoms with Crippen molar-refractivity contribution in [3.05, 3.63) is 90.5 Å². The fraction of sp³-hybridized carbons (Fsp3) is 0.0435. The summed E-state index contributed by atoms with van der Waals surface area (Å²) in [6, 6.07) is 26.2. The molecular formula is C23H24N4O6S. The second kappa shape index (κ2) is 11.5. The number of benzene rings is 3. The van der Waals surface area contributed by atoms with Crippen LogP contribution in [0.2, 0.25) is 0 Å². The van der Waals surface area contributed by atoms with Crippen LogP contribution in [0, 0.1) is 5.41 Å². The van der Waals surface area contributed by atoms with Crippen molar-refractivity contribution in [1.29, 1.82) is 5.41 Å². The van der Waals surface area contributed by atoms with Crippen molar-refractivity contribution >= 4 is 32.9 Å². The van der Waals surface area contributed by atoms with E-state index in [4.69, 9.17) is 14.7 Å². The largest absolute Gasteiger partial charge is 0.477 e. The molecule has 0 aliphatic heterocycles. The van der Waals surface area contributed by atoms with Crippen molar-refractivity contribution in [3.8, 4) is 17.3 Å². The summed E-state index contributed by atoms with van der Waals surface area (Å²) in [5.41, 5.74) is 10.7. The third-order valence-corrected chi connectivity index (χ3v) is 4.02. The Bertz CT molecular complexity index is 1360. The van der Waals surface area contributed by atoms with E-state index in [0.29, 0.717) is 23.3 Å². The predicted molar refractivity (Wildman–Crippen MR) is 130 cm³/mol. The van der Waals surface area contributed by atoms with E-state index in [0.717, 1.165) is 11.2 Å². The predicted octanol–water partition coefficient (Wildman–Crippen LogP) is 3.46. The minimum atomic E-state index is -3.67. The van der Waals surface area contributed by atoms with Gasteiger partial charge >= 0.3 is 5.97 Å². The van der Waals surface area contributed by atoms with E-state index in [-0.39, 0.29) is 11.5 Å². The van der Waals surface area contributed by atoms with Crippen LogP contribution in [0.3, 0.4) is 0 Å². The van der Waals surface area contributed by atoms with E-state index >= 15 is 0 Å². The molecule has 0 bridgehead atoms. The average Bonchev–Trinajstić information content (AvgIpc) is 3.07. The van der Waals surface area contributed by atoms with Crippen molar-refractivity contribution in [1.82, 2.24) is 4.57 Å². The Labute approximate surface area is 196 Å². The molecule has 0 amide bonds. The number of fused-ring (bicyclic) bond motifs is 1. The van der Waals surface area contributed by atoms with E-state index in [1.165, 1.54) is 0 Å². The van der Waals surface area contributed by atoms with Gasteiger partial charge in [-0.2, -0.15) is 8.42 Å². The summed E-state index contributed by atoms with van der Waals surface area (Å²) in [5.74, 6) is -0.465. The first kappa shape index (κ1) is 25.9. The van der Waals surface area contributed by atoms with Crippen LogP contribution in [0.15, 0.2) is 84.9 Å². The lowest BCUT2D eigenvalue weighted by Crippen LogP contribution is -2.20. The Morgan fingerprint density at radius 3 is 1.85 bits per heavy atom. The first-order valence-corrected chi connectivity index (χ1v) is 11.5. The lowest BCUT2D eigenvalue weighted by Gasteiger charge is -2.12. The van der Waals surface area contributed by atoms with Crippen LogP contribution in [0.25, 0.3) is 16.6 Å². The van der Waals surface area contributed by atoms with Crippen LogP contribution < -0.4 is 16.2 Å². The SMILES string of the molecule is CS(=O)(=O)O.N=C(N)N.O=C(O)c1c(Oc2ccccc2)n(-c2ccccc2)c2ccccc12. The Morgan fingerprint density at radius 2 is 1.35 bits per heavy atom. The second-order valence-electron chi connectivity index (χ2n) is 6.78. The molecule has 0 radical (unpaired) electrons. The molecule has 178 valence electrons. The van der Waals surface area contributed by atoms with Crippen molar-refractivity contribution in [2.24, 2.45) is 11.5 Å². The normalized spacial score (nSPS) is 10.3. The van der Waals surface area contributed by atoms with Crippen molar-refractivity contribution in [3.63, 3.8) is 0 Å². The van der Waals surface area contributed by atoms with Gasteiger partial charge in [-0.15, -0.1) is 0 Å². The summed E-state index contributed by atoms with van der Waals surface area (Å²) < 4.78 is 33.7. The number of hydrogen-bond acceptors (Lipinski definition) is 5. The number of aromatic nitrogens is 1. The lowest BCUT2D eigenvalue weighted by molar-refractivity contribution is 0.0696. The van der Waals surface area contributed by atoms with Crippen molar-refractivity contribution < 1.29 is 27.6 Å². The fourth-order valence-corrected chi connectivity index (χ4v) is 2.95. The van der Waals surface area contributed by atoms with E-state index in [1.807, 2.05) is 71.3 Å². The van der Waals surface area contributed by atoms with Crippen LogP contribution >= 0.6 is 0 Å². The van der Waals surface area contributed by atoms with Gasteiger partial charge in [0.05, 0.1) is 11.8 Å². The van der Waals surface area contributed by atoms with Gasteiger partial charge in [-0.1, -0.05) is 54.6 Å². The zero-order valence-corrected chi connectivity index (χ0v) is 18.9. The Balaban J connectivity index is 0.000000391. The molecule has 1 heterocycles. The summed E-state index contributed by atoms with van der Waals surface area (Å²) >= 11 is 0. The molecule has 34 heavy (non-hydrogen) atoms. The van der Waals surface area contributed by atoms with E-state index < -0.39 is 16.1 Å². The number of carboxylic acid groups (broad SMARTS) is 1. The molecule has 0 aliphatic rings. The monoisotopic (exact) mass is 484 g/mol. The minimum Gasteiger partial charge on any atom is -0.477 e. The average molecular weight is 485 g/mol. The minimum absolute atomic E-state index is 0.156. The number of para-hydroxylation sites is 3. The molecule has 0 atom stereocenters. The maximum absolute atomic E-state index is 12.0. The van der Waals surface area contributed by atoms with Crippen LogP contribution in [0.5, 0.6) is 11.6 Å². The van der Waals surface area contributed by atoms with Crippen molar-refractivity contribution in [2.45, 2.75) is 0 Å². The van der Waals surface area contributed by atoms with Gasteiger partial charge in [0.25, 0.3) is 10.1 Å². The highest BCUT2D eigenvalue weighted by Crippen LogP contribution is 2.37. The van der Waals surface area contributed by atoms with Crippen LogP contribution in [-0.4, -0.2) is 40.8 Å². The number of carboxylic acids is 1. The summed E-state index contributed by atoms with van der Waals surface area (Å²) in [6.45, 7) is 0. The molecule has 0 unspecified atom stereocenters. The van der Waals surface area contributed by atoms with Gasteiger partial charge in [0.1, 0.15) is 11.3 Å². The Morgan fingerprint density at radius 1 is 0.912 bits per heavy atom. The number of nitrogens with one attached hydrogen (secondary N) is 1. The van der Waals surface area contributed by atoms with E-state index in [1.54, 1.807) is 18.2 Å². The summed E-state index contributed by atoms with van der Waals surface area (Å²) in [5, 5.41) is 16.5. The van der Waals surface area contributed by atoms with E-state index in [2.05, 4.69) is 11.5 Å². The molecular weight excluding hydrogens is 460 g/mol. The standard InChI is InChI=1S/C21H15NO3.CH5N3.CH4O3S/c23-21(24)19-17-13-7-8-14-18(17)22(15-9-3-1-4-10-15)20(19)25-16-11-5-2-6-12-16;2-1(3)4;1-5(2,3)4/h1-14H,(H,23,24);(H5,2,3,4);1H3,(H,2,3,4). The number of aromatic carboxylic acids is 1. The van der Waals surface area contributed by atoms with Gasteiger partial charge in [0.2, 0.25) is 5.88 Å². The zero-order valence-electron chi connectivity index (χ0n) is 18.1. The van der Waals surface area contributed by atoms with Crippen LogP contribution in [0.1, 0.15) is 10.4 Å². The van der Waals surface area contributed by atoms with Gasteiger partial charge in [0, 0.05) is 11.1 Å². The zero-order chi connectivity index (χ0) is 25.3. The summed E-state index contributed by atoms with van der Waals surface area (Å²) in [4.78, 5) is 12.0. The molecule has 0 spiro atoms. The third-order valence-electron chi connectivity index (χ3n) is 4.02. The topological polar surface area (TPSA) is 182 Å². The Hall–Kier alpha value is -4.35. The maximum atomic E-state index is 12.0. The highest BCUT2D eigenvalue weighted by molar-refractivity contribution is 7.85. The third kappa shape index (κ3) is 7.65. The molecule has 7 N–H and O–H groups in total. The molecule has 0 aliphatic carbocycles.